The monoisotopic (exact) mass is 187 g/mol. The molecule has 0 saturated carbocycles. The van der Waals surface area contributed by atoms with Gasteiger partial charge in [0.05, 0.1) is 6.10 Å². The molecule has 1 saturated heterocycles. The first-order valence-electron chi connectivity index (χ1n) is 4.77. The van der Waals surface area contributed by atoms with E-state index in [4.69, 9.17) is 4.74 Å². The van der Waals surface area contributed by atoms with E-state index in [0.29, 0.717) is 19.5 Å². The van der Waals surface area contributed by atoms with Crippen molar-refractivity contribution < 1.29 is 14.6 Å². The maximum Gasteiger partial charge on any atom is 0.410 e. The molecule has 13 heavy (non-hydrogen) atoms. The molecule has 0 aromatic heterocycles. The number of carbonyl (C=O) groups is 1. The number of carbonyl (C=O) groups excluding carboxylic acids is 1. The van der Waals surface area contributed by atoms with E-state index in [9.17, 15) is 9.90 Å². The van der Waals surface area contributed by atoms with Crippen molar-refractivity contribution in [2.45, 2.75) is 38.9 Å². The Morgan fingerprint density at radius 1 is 1.77 bits per heavy atom. The summed E-state index contributed by atoms with van der Waals surface area (Å²) in [5.74, 6) is 0. The van der Waals surface area contributed by atoms with Crippen molar-refractivity contribution in [3.8, 4) is 0 Å². The first-order valence-corrected chi connectivity index (χ1v) is 4.77. The Morgan fingerprint density at radius 2 is 2.46 bits per heavy atom. The molecule has 0 spiro atoms. The van der Waals surface area contributed by atoms with Crippen LogP contribution in [0.25, 0.3) is 0 Å². The lowest BCUT2D eigenvalue weighted by molar-refractivity contribution is 0.0702. The van der Waals surface area contributed by atoms with Gasteiger partial charge in [-0.15, -0.1) is 0 Å². The van der Waals surface area contributed by atoms with Crippen LogP contribution in [0.3, 0.4) is 0 Å². The van der Waals surface area contributed by atoms with Gasteiger partial charge in [-0.1, -0.05) is 6.92 Å². The van der Waals surface area contributed by atoms with Crippen LogP contribution in [-0.4, -0.2) is 41.4 Å². The van der Waals surface area contributed by atoms with Gasteiger partial charge < -0.3 is 14.7 Å². The van der Waals surface area contributed by atoms with Crippen LogP contribution in [0.15, 0.2) is 0 Å². The molecule has 1 rings (SSSR count). The van der Waals surface area contributed by atoms with E-state index in [-0.39, 0.29) is 18.3 Å². The van der Waals surface area contributed by atoms with Crippen LogP contribution in [0.5, 0.6) is 0 Å². The standard InChI is InChI=1S/C9H17NO3/c1-3-7(2)13-9(12)10-5-4-8(11)6-10/h7-8,11H,3-6H2,1-2H3/t7-,8?/m1/s1. The minimum absolute atomic E-state index is 0.0368. The van der Waals surface area contributed by atoms with Crippen LogP contribution in [0.1, 0.15) is 26.7 Å². The average Bonchev–Trinajstić information content (AvgIpc) is 2.51. The lowest BCUT2D eigenvalue weighted by Crippen LogP contribution is -2.32. The molecule has 2 atom stereocenters. The Morgan fingerprint density at radius 3 is 2.92 bits per heavy atom. The van der Waals surface area contributed by atoms with E-state index in [2.05, 4.69) is 0 Å². The fraction of sp³-hybridized carbons (Fsp3) is 0.889. The third-order valence-corrected chi connectivity index (χ3v) is 2.30. The molecule has 76 valence electrons. The summed E-state index contributed by atoms with van der Waals surface area (Å²) in [6.07, 6.45) is 0.776. The predicted octanol–water partition coefficient (Wildman–Crippen LogP) is 0.988. The maximum atomic E-state index is 11.4. The van der Waals surface area contributed by atoms with E-state index in [0.717, 1.165) is 6.42 Å². The van der Waals surface area contributed by atoms with Gasteiger partial charge in [0.15, 0.2) is 0 Å². The number of aliphatic hydroxyl groups is 1. The molecule has 0 bridgehead atoms. The number of hydrogen-bond acceptors (Lipinski definition) is 3. The van der Waals surface area contributed by atoms with Gasteiger partial charge in [0.1, 0.15) is 6.10 Å². The molecule has 0 aromatic rings. The molecule has 1 aliphatic heterocycles. The van der Waals surface area contributed by atoms with Gasteiger partial charge in [-0.05, 0) is 19.8 Å². The van der Waals surface area contributed by atoms with E-state index >= 15 is 0 Å². The first kappa shape index (κ1) is 10.3. The van der Waals surface area contributed by atoms with E-state index in [1.807, 2.05) is 13.8 Å². The topological polar surface area (TPSA) is 49.8 Å². The minimum atomic E-state index is -0.371. The third-order valence-electron chi connectivity index (χ3n) is 2.30. The Bertz CT molecular complexity index is 184. The largest absolute Gasteiger partial charge is 0.446 e. The molecule has 1 amide bonds. The van der Waals surface area contributed by atoms with Gasteiger partial charge in [-0.25, -0.2) is 4.79 Å². The van der Waals surface area contributed by atoms with Crippen LogP contribution >= 0.6 is 0 Å². The van der Waals surface area contributed by atoms with Crippen LogP contribution < -0.4 is 0 Å². The number of amides is 1. The lowest BCUT2D eigenvalue weighted by Gasteiger charge is -2.18. The maximum absolute atomic E-state index is 11.4. The van der Waals surface area contributed by atoms with E-state index < -0.39 is 0 Å². The van der Waals surface area contributed by atoms with Crippen molar-refractivity contribution in [2.75, 3.05) is 13.1 Å². The molecule has 4 nitrogen and oxygen atoms in total. The Balaban J connectivity index is 2.31. The molecule has 1 unspecified atom stereocenters. The summed E-state index contributed by atoms with van der Waals surface area (Å²) in [7, 11) is 0. The summed E-state index contributed by atoms with van der Waals surface area (Å²) in [4.78, 5) is 12.9. The molecule has 1 fully saturated rings. The highest BCUT2D eigenvalue weighted by atomic mass is 16.6. The van der Waals surface area contributed by atoms with Crippen molar-refractivity contribution in [1.82, 2.24) is 4.90 Å². The van der Waals surface area contributed by atoms with Crippen LogP contribution in [0, 0.1) is 0 Å². The third kappa shape index (κ3) is 2.88. The lowest BCUT2D eigenvalue weighted by atomic mass is 10.3. The predicted molar refractivity (Wildman–Crippen MR) is 48.4 cm³/mol. The second kappa shape index (κ2) is 4.46. The highest BCUT2D eigenvalue weighted by Crippen LogP contribution is 2.11. The zero-order valence-electron chi connectivity index (χ0n) is 8.19. The van der Waals surface area contributed by atoms with E-state index in [1.54, 1.807) is 4.90 Å². The summed E-state index contributed by atoms with van der Waals surface area (Å²) in [6.45, 7) is 4.85. The van der Waals surface area contributed by atoms with Gasteiger partial charge in [0.25, 0.3) is 0 Å². The van der Waals surface area contributed by atoms with Crippen molar-refractivity contribution in [1.29, 1.82) is 0 Å². The minimum Gasteiger partial charge on any atom is -0.446 e. The smallest absolute Gasteiger partial charge is 0.410 e. The Labute approximate surface area is 78.5 Å². The number of rotatable bonds is 2. The van der Waals surface area contributed by atoms with Crippen LogP contribution in [0.4, 0.5) is 4.79 Å². The molecule has 1 heterocycles. The zero-order chi connectivity index (χ0) is 9.84. The first-order chi connectivity index (χ1) is 6.13. The number of hydrogen-bond donors (Lipinski definition) is 1. The number of nitrogens with zero attached hydrogens (tertiary/aromatic N) is 1. The molecular formula is C9H17NO3. The molecular weight excluding hydrogens is 170 g/mol. The molecule has 1 aliphatic rings. The van der Waals surface area contributed by atoms with Crippen molar-refractivity contribution >= 4 is 6.09 Å². The van der Waals surface area contributed by atoms with Gasteiger partial charge >= 0.3 is 6.09 Å². The number of aliphatic hydroxyl groups excluding tert-OH is 1. The SMILES string of the molecule is CC[C@@H](C)OC(=O)N1CCC(O)C1. The van der Waals surface area contributed by atoms with Gasteiger partial charge in [0.2, 0.25) is 0 Å². The summed E-state index contributed by atoms with van der Waals surface area (Å²) < 4.78 is 5.11. The summed E-state index contributed by atoms with van der Waals surface area (Å²) in [5, 5.41) is 9.19. The summed E-state index contributed by atoms with van der Waals surface area (Å²) in [6, 6.07) is 0. The molecule has 0 aromatic carbocycles. The van der Waals surface area contributed by atoms with Crippen molar-refractivity contribution in [2.24, 2.45) is 0 Å². The second-order valence-corrected chi connectivity index (χ2v) is 3.49. The van der Waals surface area contributed by atoms with E-state index in [1.165, 1.54) is 0 Å². The number of β-amino-alcohol motifs (C(OH)–C–C–N with tert-alkyl or cyclic N) is 1. The van der Waals surface area contributed by atoms with Crippen molar-refractivity contribution in [3.63, 3.8) is 0 Å². The van der Waals surface area contributed by atoms with Gasteiger partial charge in [0, 0.05) is 13.1 Å². The molecule has 1 N–H and O–H groups in total. The van der Waals surface area contributed by atoms with Gasteiger partial charge in [-0.2, -0.15) is 0 Å². The highest BCUT2D eigenvalue weighted by Gasteiger charge is 2.26. The fourth-order valence-corrected chi connectivity index (χ4v) is 1.24. The quantitative estimate of drug-likeness (QED) is 0.701. The fourth-order valence-electron chi connectivity index (χ4n) is 1.24. The summed E-state index contributed by atoms with van der Waals surface area (Å²) in [5.41, 5.74) is 0. The summed E-state index contributed by atoms with van der Waals surface area (Å²) >= 11 is 0. The highest BCUT2D eigenvalue weighted by molar-refractivity contribution is 5.68. The molecule has 0 aliphatic carbocycles. The number of ether oxygens (including phenoxy) is 1. The average molecular weight is 187 g/mol. The molecule has 4 heteroatoms. The van der Waals surface area contributed by atoms with Gasteiger partial charge in [-0.3, -0.25) is 0 Å². The van der Waals surface area contributed by atoms with Crippen LogP contribution in [-0.2, 0) is 4.74 Å². The van der Waals surface area contributed by atoms with Crippen LogP contribution in [0.2, 0.25) is 0 Å². The zero-order valence-corrected chi connectivity index (χ0v) is 8.19. The normalized spacial score (nSPS) is 24.5. The Kier molecular flexibility index (Phi) is 3.54. The molecule has 0 radical (unpaired) electrons. The second-order valence-electron chi connectivity index (χ2n) is 3.49. The Hall–Kier alpha value is -0.770. The van der Waals surface area contributed by atoms with Crippen molar-refractivity contribution in [3.05, 3.63) is 0 Å². The number of likely N-dealkylation sites (tertiary alicyclic amines) is 1.